The van der Waals surface area contributed by atoms with Gasteiger partial charge < -0.3 is 14.8 Å². The lowest BCUT2D eigenvalue weighted by molar-refractivity contribution is -0.116. The van der Waals surface area contributed by atoms with Gasteiger partial charge in [0.15, 0.2) is 17.3 Å². The first-order chi connectivity index (χ1) is 18.1. The Morgan fingerprint density at radius 1 is 0.784 bits per heavy atom. The number of benzene rings is 3. The summed E-state index contributed by atoms with van der Waals surface area (Å²) >= 11 is 1.57. The molecule has 4 rings (SSSR count). The third kappa shape index (κ3) is 7.08. The number of anilines is 1. The molecule has 5 nitrogen and oxygen atoms in total. The van der Waals surface area contributed by atoms with Gasteiger partial charge in [-0.3, -0.25) is 9.59 Å². The van der Waals surface area contributed by atoms with Crippen LogP contribution in [0, 0.1) is 0 Å². The Morgan fingerprint density at radius 3 is 2.16 bits per heavy atom. The summed E-state index contributed by atoms with van der Waals surface area (Å²) in [5.41, 5.74) is 3.94. The van der Waals surface area contributed by atoms with Gasteiger partial charge in [-0.25, -0.2) is 0 Å². The summed E-state index contributed by atoms with van der Waals surface area (Å²) in [7, 11) is 0. The van der Waals surface area contributed by atoms with Crippen LogP contribution in [0.3, 0.4) is 0 Å². The highest BCUT2D eigenvalue weighted by Gasteiger charge is 2.16. The highest BCUT2D eigenvalue weighted by atomic mass is 32.1. The number of carbonyl (C=O) groups is 2. The molecule has 1 aromatic heterocycles. The Hall–Kier alpha value is -3.90. The third-order valence-corrected chi connectivity index (χ3v) is 6.86. The van der Waals surface area contributed by atoms with Crippen molar-refractivity contribution in [3.63, 3.8) is 0 Å². The molecule has 0 aliphatic carbocycles. The van der Waals surface area contributed by atoms with Crippen molar-refractivity contribution < 1.29 is 19.1 Å². The predicted octanol–water partition coefficient (Wildman–Crippen LogP) is 7.40. The number of Topliss-reactive ketones (excluding diaryl/α,β-unsaturated/α-hetero) is 1. The highest BCUT2D eigenvalue weighted by molar-refractivity contribution is 7.16. The van der Waals surface area contributed by atoms with Gasteiger partial charge in [0.05, 0.1) is 18.2 Å². The quantitative estimate of drug-likeness (QED) is 0.200. The van der Waals surface area contributed by atoms with Crippen molar-refractivity contribution in [3.8, 4) is 22.6 Å². The second-order valence-corrected chi connectivity index (χ2v) is 9.61. The van der Waals surface area contributed by atoms with Gasteiger partial charge in [-0.1, -0.05) is 60.7 Å². The number of hydrogen-bond donors (Lipinski definition) is 1. The van der Waals surface area contributed by atoms with Crippen LogP contribution in [0.4, 0.5) is 5.00 Å². The maximum Gasteiger partial charge on any atom is 0.225 e. The molecule has 0 radical (unpaired) electrons. The lowest BCUT2D eigenvalue weighted by Crippen LogP contribution is -2.13. The molecule has 0 atom stereocenters. The average molecular weight is 514 g/mol. The van der Waals surface area contributed by atoms with Crippen LogP contribution >= 0.6 is 11.3 Å². The molecular weight excluding hydrogens is 482 g/mol. The first-order valence-corrected chi connectivity index (χ1v) is 13.3. The van der Waals surface area contributed by atoms with Crippen LogP contribution in [-0.4, -0.2) is 24.9 Å². The van der Waals surface area contributed by atoms with Gasteiger partial charge in [0, 0.05) is 29.7 Å². The van der Waals surface area contributed by atoms with Crippen LogP contribution < -0.4 is 14.8 Å². The zero-order valence-corrected chi connectivity index (χ0v) is 22.0. The van der Waals surface area contributed by atoms with Gasteiger partial charge >= 0.3 is 0 Å². The van der Waals surface area contributed by atoms with E-state index in [9.17, 15) is 9.59 Å². The molecule has 0 bridgehead atoms. The van der Waals surface area contributed by atoms with Crippen molar-refractivity contribution >= 4 is 28.0 Å². The van der Waals surface area contributed by atoms with Crippen LogP contribution in [0.1, 0.15) is 47.5 Å². The van der Waals surface area contributed by atoms with Crippen molar-refractivity contribution in [2.75, 3.05) is 18.5 Å². The molecule has 1 N–H and O–H groups in total. The summed E-state index contributed by atoms with van der Waals surface area (Å²) in [6.07, 6.45) is 0.992. The Morgan fingerprint density at radius 2 is 1.46 bits per heavy atom. The molecule has 0 unspecified atom stereocenters. The Kier molecular flexibility index (Phi) is 9.11. The molecule has 4 aromatic rings. The van der Waals surface area contributed by atoms with Crippen LogP contribution in [0.15, 0.2) is 84.9 Å². The predicted molar refractivity (Wildman–Crippen MR) is 150 cm³/mol. The van der Waals surface area contributed by atoms with E-state index >= 15 is 0 Å². The van der Waals surface area contributed by atoms with E-state index in [1.807, 2.05) is 56.3 Å². The lowest BCUT2D eigenvalue weighted by Gasteiger charge is -2.12. The first kappa shape index (κ1) is 26.2. The zero-order valence-electron chi connectivity index (χ0n) is 21.2. The highest BCUT2D eigenvalue weighted by Crippen LogP contribution is 2.36. The number of ketones is 1. The minimum absolute atomic E-state index is 0.0998. The molecule has 6 heteroatoms. The average Bonchev–Trinajstić information content (AvgIpc) is 3.31. The van der Waals surface area contributed by atoms with Crippen molar-refractivity contribution in [1.29, 1.82) is 0 Å². The van der Waals surface area contributed by atoms with Crippen molar-refractivity contribution in [2.45, 2.75) is 33.1 Å². The number of rotatable bonds is 12. The maximum absolute atomic E-state index is 12.8. The summed E-state index contributed by atoms with van der Waals surface area (Å²) in [5.74, 6) is 0.853. The van der Waals surface area contributed by atoms with Gasteiger partial charge in [0.25, 0.3) is 0 Å². The summed E-state index contributed by atoms with van der Waals surface area (Å²) in [6, 6.07) is 27.6. The van der Waals surface area contributed by atoms with Crippen LogP contribution in [-0.2, 0) is 11.2 Å². The van der Waals surface area contributed by atoms with E-state index in [-0.39, 0.29) is 24.5 Å². The minimum atomic E-state index is -0.184. The number of carbonyl (C=O) groups excluding carboxylic acids is 2. The zero-order chi connectivity index (χ0) is 26.0. The van der Waals surface area contributed by atoms with E-state index in [0.29, 0.717) is 30.3 Å². The monoisotopic (exact) mass is 513 g/mol. The smallest absolute Gasteiger partial charge is 0.225 e. The van der Waals surface area contributed by atoms with Crippen molar-refractivity contribution in [2.24, 2.45) is 0 Å². The van der Waals surface area contributed by atoms with E-state index in [0.717, 1.165) is 22.5 Å². The standard InChI is InChI=1S/C31H31NO4S/c1-3-35-27-17-15-24(20-28(27)36-4-2)26(33)16-18-30(34)32-31-21-25(23-13-9-6-10-14-23)29(37-31)19-22-11-7-5-8-12-22/h5-15,17,20-21H,3-4,16,18-19H2,1-2H3,(H,32,34). The van der Waals surface area contributed by atoms with E-state index in [1.165, 1.54) is 10.4 Å². The van der Waals surface area contributed by atoms with Crippen LogP contribution in [0.5, 0.6) is 11.5 Å². The summed E-state index contributed by atoms with van der Waals surface area (Å²) < 4.78 is 11.2. The Balaban J connectivity index is 1.43. The molecule has 3 aromatic carbocycles. The number of nitrogens with one attached hydrogen (secondary N) is 1. The summed E-state index contributed by atoms with van der Waals surface area (Å²) in [4.78, 5) is 26.8. The molecule has 0 aliphatic rings. The molecule has 1 amide bonds. The molecule has 190 valence electrons. The topological polar surface area (TPSA) is 64.6 Å². The summed E-state index contributed by atoms with van der Waals surface area (Å²) in [5, 5.41) is 3.78. The molecule has 0 fully saturated rings. The molecule has 0 aliphatic heterocycles. The number of hydrogen-bond acceptors (Lipinski definition) is 5. The lowest BCUT2D eigenvalue weighted by atomic mass is 10.0. The number of amides is 1. The normalized spacial score (nSPS) is 10.6. The van der Waals surface area contributed by atoms with Gasteiger partial charge in [0.1, 0.15) is 0 Å². The second-order valence-electron chi connectivity index (χ2n) is 8.47. The number of ether oxygens (including phenoxy) is 2. The molecule has 1 heterocycles. The Labute approximate surface area is 222 Å². The molecule has 0 saturated carbocycles. The molecular formula is C31H31NO4S. The van der Waals surface area contributed by atoms with E-state index in [1.54, 1.807) is 29.5 Å². The van der Waals surface area contributed by atoms with Gasteiger partial charge in [-0.05, 0) is 54.8 Å². The maximum atomic E-state index is 12.8. The fourth-order valence-corrected chi connectivity index (χ4v) is 5.19. The minimum Gasteiger partial charge on any atom is -0.490 e. The van der Waals surface area contributed by atoms with Crippen LogP contribution in [0.25, 0.3) is 11.1 Å². The first-order valence-electron chi connectivity index (χ1n) is 12.5. The fourth-order valence-electron chi connectivity index (χ4n) is 4.06. The second kappa shape index (κ2) is 12.9. The van der Waals surface area contributed by atoms with E-state index < -0.39 is 0 Å². The van der Waals surface area contributed by atoms with Crippen molar-refractivity contribution in [1.82, 2.24) is 0 Å². The van der Waals surface area contributed by atoms with Crippen molar-refractivity contribution in [3.05, 3.63) is 101 Å². The Bertz CT molecular complexity index is 1330. The van der Waals surface area contributed by atoms with Crippen LogP contribution in [0.2, 0.25) is 0 Å². The SMILES string of the molecule is CCOc1ccc(C(=O)CCC(=O)Nc2cc(-c3ccccc3)c(Cc3ccccc3)s2)cc1OCC. The largest absolute Gasteiger partial charge is 0.490 e. The third-order valence-electron chi connectivity index (χ3n) is 5.81. The number of thiophene rings is 1. The molecule has 0 spiro atoms. The summed E-state index contributed by atoms with van der Waals surface area (Å²) in [6.45, 7) is 4.76. The molecule has 0 saturated heterocycles. The van der Waals surface area contributed by atoms with E-state index in [4.69, 9.17) is 9.47 Å². The van der Waals surface area contributed by atoms with Gasteiger partial charge in [-0.15, -0.1) is 11.3 Å². The molecule has 37 heavy (non-hydrogen) atoms. The fraction of sp³-hybridized carbons (Fsp3) is 0.226. The van der Waals surface area contributed by atoms with Gasteiger partial charge in [0.2, 0.25) is 5.91 Å². The van der Waals surface area contributed by atoms with E-state index in [2.05, 4.69) is 29.6 Å². The van der Waals surface area contributed by atoms with Gasteiger partial charge in [-0.2, -0.15) is 0 Å².